The molecule has 5 nitrogen and oxygen atoms in total. The SMILES string of the molecule is CCC(CC)C(CNC(=O)Nc1cccc(Cl)c1)N1CCOCC1. The van der Waals surface area contributed by atoms with Gasteiger partial charge in [0.25, 0.3) is 0 Å². The molecule has 134 valence electrons. The fourth-order valence-corrected chi connectivity index (χ4v) is 3.46. The number of nitrogens with zero attached hydrogens (tertiary/aromatic N) is 1. The van der Waals surface area contributed by atoms with Gasteiger partial charge in [-0.1, -0.05) is 44.4 Å². The number of amides is 2. The third kappa shape index (κ3) is 5.65. The molecule has 0 aromatic heterocycles. The van der Waals surface area contributed by atoms with Crippen molar-refractivity contribution < 1.29 is 9.53 Å². The Morgan fingerprint density at radius 1 is 1.29 bits per heavy atom. The minimum absolute atomic E-state index is 0.193. The standard InChI is InChI=1S/C18H28ClN3O2/c1-3-14(4-2)17(22-8-10-24-11-9-22)13-20-18(23)21-16-7-5-6-15(19)12-16/h5-7,12,14,17H,3-4,8-11,13H2,1-2H3,(H2,20,21,23). The number of carbonyl (C=O) groups is 1. The Bertz CT molecular complexity index is 517. The Morgan fingerprint density at radius 2 is 2.00 bits per heavy atom. The number of rotatable bonds is 7. The van der Waals surface area contributed by atoms with Crippen LogP contribution in [0.1, 0.15) is 26.7 Å². The molecule has 0 radical (unpaired) electrons. The van der Waals surface area contributed by atoms with Gasteiger partial charge in [-0.2, -0.15) is 0 Å². The molecule has 0 saturated carbocycles. The Balaban J connectivity index is 1.92. The first-order chi connectivity index (χ1) is 11.6. The molecule has 1 unspecified atom stereocenters. The maximum absolute atomic E-state index is 12.2. The molecule has 1 fully saturated rings. The number of halogens is 1. The second kappa shape index (κ2) is 9.87. The first-order valence-electron chi connectivity index (χ1n) is 8.76. The highest BCUT2D eigenvalue weighted by atomic mass is 35.5. The van der Waals surface area contributed by atoms with E-state index in [1.807, 2.05) is 12.1 Å². The number of hydrogen-bond acceptors (Lipinski definition) is 3. The minimum Gasteiger partial charge on any atom is -0.379 e. The van der Waals surface area contributed by atoms with E-state index < -0.39 is 0 Å². The quantitative estimate of drug-likeness (QED) is 0.787. The van der Waals surface area contributed by atoms with E-state index in [-0.39, 0.29) is 6.03 Å². The molecule has 0 bridgehead atoms. The summed E-state index contributed by atoms with van der Waals surface area (Å²) in [5.41, 5.74) is 0.699. The van der Waals surface area contributed by atoms with Crippen molar-refractivity contribution in [3.05, 3.63) is 29.3 Å². The van der Waals surface area contributed by atoms with Gasteiger partial charge in [0.1, 0.15) is 0 Å². The normalized spacial score (nSPS) is 16.8. The van der Waals surface area contributed by atoms with Crippen molar-refractivity contribution in [2.24, 2.45) is 5.92 Å². The highest BCUT2D eigenvalue weighted by Crippen LogP contribution is 2.20. The summed E-state index contributed by atoms with van der Waals surface area (Å²) in [5, 5.41) is 6.47. The third-order valence-electron chi connectivity index (χ3n) is 4.66. The van der Waals surface area contributed by atoms with Crippen LogP contribution in [0.25, 0.3) is 0 Å². The number of nitrogens with one attached hydrogen (secondary N) is 2. The second-order valence-electron chi connectivity index (χ2n) is 6.14. The lowest BCUT2D eigenvalue weighted by Gasteiger charge is -2.38. The molecule has 1 aliphatic rings. The third-order valence-corrected chi connectivity index (χ3v) is 4.90. The predicted octanol–water partition coefficient (Wildman–Crippen LogP) is 3.60. The van der Waals surface area contributed by atoms with Crippen molar-refractivity contribution in [3.63, 3.8) is 0 Å². The van der Waals surface area contributed by atoms with Crippen LogP contribution in [-0.2, 0) is 4.74 Å². The molecule has 1 aromatic rings. The van der Waals surface area contributed by atoms with Crippen molar-refractivity contribution in [3.8, 4) is 0 Å². The van der Waals surface area contributed by atoms with Gasteiger partial charge in [-0.05, 0) is 24.1 Å². The molecular formula is C18H28ClN3O2. The van der Waals surface area contributed by atoms with Gasteiger partial charge in [0.2, 0.25) is 0 Å². The van der Waals surface area contributed by atoms with Crippen LogP contribution < -0.4 is 10.6 Å². The molecule has 1 heterocycles. The zero-order chi connectivity index (χ0) is 17.4. The summed E-state index contributed by atoms with van der Waals surface area (Å²) >= 11 is 5.95. The molecule has 2 rings (SSSR count). The average molecular weight is 354 g/mol. The number of benzene rings is 1. The summed E-state index contributed by atoms with van der Waals surface area (Å²) in [5.74, 6) is 0.564. The van der Waals surface area contributed by atoms with Gasteiger partial charge < -0.3 is 15.4 Å². The lowest BCUT2D eigenvalue weighted by atomic mass is 9.92. The fourth-order valence-electron chi connectivity index (χ4n) is 3.27. The van der Waals surface area contributed by atoms with Crippen molar-refractivity contribution >= 4 is 23.3 Å². The van der Waals surface area contributed by atoms with Crippen LogP contribution in [-0.4, -0.2) is 49.8 Å². The number of urea groups is 1. The van der Waals surface area contributed by atoms with E-state index in [0.717, 1.165) is 39.1 Å². The Kier molecular flexibility index (Phi) is 7.82. The van der Waals surface area contributed by atoms with E-state index in [9.17, 15) is 4.79 Å². The maximum Gasteiger partial charge on any atom is 0.319 e. The van der Waals surface area contributed by atoms with Gasteiger partial charge in [-0.3, -0.25) is 4.90 Å². The van der Waals surface area contributed by atoms with Gasteiger partial charge in [-0.15, -0.1) is 0 Å². The Morgan fingerprint density at radius 3 is 2.62 bits per heavy atom. The van der Waals surface area contributed by atoms with Crippen LogP contribution in [0.3, 0.4) is 0 Å². The molecule has 0 aliphatic carbocycles. The minimum atomic E-state index is -0.193. The first kappa shape index (κ1) is 19.0. The molecule has 2 amide bonds. The van der Waals surface area contributed by atoms with E-state index in [1.54, 1.807) is 12.1 Å². The van der Waals surface area contributed by atoms with Crippen molar-refractivity contribution in [1.29, 1.82) is 0 Å². The van der Waals surface area contributed by atoms with Gasteiger partial charge in [0.05, 0.1) is 13.2 Å². The molecular weight excluding hydrogens is 326 g/mol. The van der Waals surface area contributed by atoms with Crippen molar-refractivity contribution in [2.75, 3.05) is 38.2 Å². The van der Waals surface area contributed by atoms with E-state index in [2.05, 4.69) is 29.4 Å². The molecule has 1 saturated heterocycles. The van der Waals surface area contributed by atoms with Crippen molar-refractivity contribution in [2.45, 2.75) is 32.7 Å². The second-order valence-corrected chi connectivity index (χ2v) is 6.57. The lowest BCUT2D eigenvalue weighted by molar-refractivity contribution is 0.00247. The zero-order valence-corrected chi connectivity index (χ0v) is 15.3. The summed E-state index contributed by atoms with van der Waals surface area (Å²) in [4.78, 5) is 14.6. The van der Waals surface area contributed by atoms with E-state index in [1.165, 1.54) is 0 Å². The largest absolute Gasteiger partial charge is 0.379 e. The fraction of sp³-hybridized carbons (Fsp3) is 0.611. The topological polar surface area (TPSA) is 53.6 Å². The zero-order valence-electron chi connectivity index (χ0n) is 14.6. The van der Waals surface area contributed by atoms with Crippen molar-refractivity contribution in [1.82, 2.24) is 10.2 Å². The number of ether oxygens (including phenoxy) is 1. The van der Waals surface area contributed by atoms with E-state index in [0.29, 0.717) is 29.2 Å². The molecule has 0 spiro atoms. The number of anilines is 1. The lowest BCUT2D eigenvalue weighted by Crippen LogP contribution is -2.52. The van der Waals surface area contributed by atoms with Gasteiger partial charge >= 0.3 is 6.03 Å². The van der Waals surface area contributed by atoms with Crippen LogP contribution in [0.15, 0.2) is 24.3 Å². The first-order valence-corrected chi connectivity index (χ1v) is 9.14. The summed E-state index contributed by atoms with van der Waals surface area (Å²) in [6.45, 7) is 8.47. The summed E-state index contributed by atoms with van der Waals surface area (Å²) in [6.07, 6.45) is 2.21. The molecule has 2 N–H and O–H groups in total. The van der Waals surface area contributed by atoms with Crippen LogP contribution in [0.2, 0.25) is 5.02 Å². The molecule has 1 aromatic carbocycles. The summed E-state index contributed by atoms with van der Waals surface area (Å²) < 4.78 is 5.46. The summed E-state index contributed by atoms with van der Waals surface area (Å²) in [6, 6.07) is 7.31. The van der Waals surface area contributed by atoms with Gasteiger partial charge in [0.15, 0.2) is 0 Å². The molecule has 1 atom stereocenters. The highest BCUT2D eigenvalue weighted by Gasteiger charge is 2.27. The maximum atomic E-state index is 12.2. The van der Waals surface area contributed by atoms with Crippen LogP contribution >= 0.6 is 11.6 Å². The monoisotopic (exact) mass is 353 g/mol. The van der Waals surface area contributed by atoms with Crippen LogP contribution in [0.4, 0.5) is 10.5 Å². The Hall–Kier alpha value is -1.30. The van der Waals surface area contributed by atoms with Crippen LogP contribution in [0.5, 0.6) is 0 Å². The van der Waals surface area contributed by atoms with Gasteiger partial charge in [0, 0.05) is 36.4 Å². The molecule has 24 heavy (non-hydrogen) atoms. The Labute approximate surface area is 149 Å². The van der Waals surface area contributed by atoms with E-state index in [4.69, 9.17) is 16.3 Å². The smallest absolute Gasteiger partial charge is 0.319 e. The highest BCUT2D eigenvalue weighted by molar-refractivity contribution is 6.30. The summed E-state index contributed by atoms with van der Waals surface area (Å²) in [7, 11) is 0. The number of hydrogen-bond donors (Lipinski definition) is 2. The number of carbonyl (C=O) groups excluding carboxylic acids is 1. The number of morpholine rings is 1. The van der Waals surface area contributed by atoms with Crippen LogP contribution in [0, 0.1) is 5.92 Å². The predicted molar refractivity (Wildman–Crippen MR) is 98.7 cm³/mol. The average Bonchev–Trinajstić information content (AvgIpc) is 2.59. The van der Waals surface area contributed by atoms with Gasteiger partial charge in [-0.25, -0.2) is 4.79 Å². The molecule has 1 aliphatic heterocycles. The molecule has 6 heteroatoms. The van der Waals surface area contributed by atoms with E-state index >= 15 is 0 Å².